The van der Waals surface area contributed by atoms with Gasteiger partial charge >= 0.3 is 0 Å². The lowest BCUT2D eigenvalue weighted by Crippen LogP contribution is -2.12. The maximum absolute atomic E-state index is 12.1. The molecule has 1 aromatic heterocycles. The summed E-state index contributed by atoms with van der Waals surface area (Å²) in [7, 11) is 0. The van der Waals surface area contributed by atoms with Gasteiger partial charge in [-0.15, -0.1) is 10.2 Å². The van der Waals surface area contributed by atoms with Crippen LogP contribution in [-0.4, -0.2) is 29.3 Å². The fourth-order valence-corrected chi connectivity index (χ4v) is 2.15. The number of amides is 1. The van der Waals surface area contributed by atoms with E-state index in [9.17, 15) is 4.79 Å². The van der Waals surface area contributed by atoms with Crippen LogP contribution in [0.25, 0.3) is 0 Å². The van der Waals surface area contributed by atoms with Crippen LogP contribution in [0.3, 0.4) is 0 Å². The Morgan fingerprint density at radius 2 is 1.95 bits per heavy atom. The van der Waals surface area contributed by atoms with E-state index in [4.69, 9.17) is 15.2 Å². The lowest BCUT2D eigenvalue weighted by atomic mass is 10.2. The van der Waals surface area contributed by atoms with Crippen LogP contribution in [0.5, 0.6) is 11.5 Å². The van der Waals surface area contributed by atoms with Gasteiger partial charge in [0.05, 0.1) is 13.2 Å². The summed E-state index contributed by atoms with van der Waals surface area (Å²) in [5.74, 6) is 0.829. The van der Waals surface area contributed by atoms with E-state index in [0.29, 0.717) is 40.5 Å². The molecular formula is C13H16N4O3S. The van der Waals surface area contributed by atoms with Crippen LogP contribution in [0.4, 0.5) is 10.3 Å². The molecule has 21 heavy (non-hydrogen) atoms. The maximum Gasteiger partial charge on any atom is 0.257 e. The fraction of sp³-hybridized carbons (Fsp3) is 0.308. The van der Waals surface area contributed by atoms with Crippen LogP contribution in [0.2, 0.25) is 0 Å². The molecule has 0 saturated heterocycles. The maximum atomic E-state index is 12.1. The van der Waals surface area contributed by atoms with Gasteiger partial charge in [-0.05, 0) is 32.0 Å². The van der Waals surface area contributed by atoms with Crippen LogP contribution >= 0.6 is 11.3 Å². The Balaban J connectivity index is 2.18. The summed E-state index contributed by atoms with van der Waals surface area (Å²) in [6, 6.07) is 5.00. The van der Waals surface area contributed by atoms with Gasteiger partial charge in [-0.1, -0.05) is 11.3 Å². The molecule has 0 fully saturated rings. The summed E-state index contributed by atoms with van der Waals surface area (Å²) < 4.78 is 10.9. The Morgan fingerprint density at radius 1 is 1.24 bits per heavy atom. The first kappa shape index (κ1) is 15.0. The average molecular weight is 308 g/mol. The molecule has 1 amide bonds. The summed E-state index contributed by atoms with van der Waals surface area (Å²) in [5.41, 5.74) is 5.91. The van der Waals surface area contributed by atoms with Crippen LogP contribution in [0.1, 0.15) is 24.2 Å². The van der Waals surface area contributed by atoms with Crippen molar-refractivity contribution in [3.05, 3.63) is 23.8 Å². The Hall–Kier alpha value is -2.35. The molecule has 1 heterocycles. The fourth-order valence-electron chi connectivity index (χ4n) is 1.65. The molecule has 0 unspecified atom stereocenters. The first-order chi connectivity index (χ1) is 10.1. The topological polar surface area (TPSA) is 99.4 Å². The van der Waals surface area contributed by atoms with Gasteiger partial charge in [-0.3, -0.25) is 10.1 Å². The molecule has 0 radical (unpaired) electrons. The molecule has 0 aliphatic rings. The highest BCUT2D eigenvalue weighted by atomic mass is 32.1. The van der Waals surface area contributed by atoms with Crippen molar-refractivity contribution in [2.75, 3.05) is 24.3 Å². The molecule has 2 aromatic rings. The number of anilines is 2. The van der Waals surface area contributed by atoms with Gasteiger partial charge in [0, 0.05) is 5.56 Å². The highest BCUT2D eigenvalue weighted by molar-refractivity contribution is 7.19. The number of carbonyl (C=O) groups is 1. The second-order valence-corrected chi connectivity index (χ2v) is 4.94. The largest absolute Gasteiger partial charge is 0.490 e. The highest BCUT2D eigenvalue weighted by Crippen LogP contribution is 2.29. The number of nitrogens with two attached hydrogens (primary N) is 1. The Kier molecular flexibility index (Phi) is 4.94. The third-order valence-corrected chi connectivity index (χ3v) is 3.13. The monoisotopic (exact) mass is 308 g/mol. The van der Waals surface area contributed by atoms with Crippen molar-refractivity contribution in [3.8, 4) is 11.5 Å². The van der Waals surface area contributed by atoms with E-state index in [2.05, 4.69) is 15.5 Å². The van der Waals surface area contributed by atoms with Crippen molar-refractivity contribution in [1.82, 2.24) is 10.2 Å². The SMILES string of the molecule is CCOc1ccc(C(=O)Nc2nnc(N)s2)cc1OCC. The number of hydrogen-bond donors (Lipinski definition) is 2. The molecule has 112 valence electrons. The molecule has 3 N–H and O–H groups in total. The lowest BCUT2D eigenvalue weighted by molar-refractivity contribution is 0.102. The second kappa shape index (κ2) is 6.89. The number of benzene rings is 1. The van der Waals surface area contributed by atoms with Gasteiger partial charge in [-0.2, -0.15) is 0 Å². The number of nitrogen functional groups attached to an aromatic ring is 1. The van der Waals surface area contributed by atoms with E-state index in [1.807, 2.05) is 13.8 Å². The van der Waals surface area contributed by atoms with Crippen LogP contribution in [0, 0.1) is 0 Å². The molecule has 0 saturated carbocycles. The average Bonchev–Trinajstić information content (AvgIpc) is 2.86. The van der Waals surface area contributed by atoms with E-state index < -0.39 is 0 Å². The predicted molar refractivity (Wildman–Crippen MR) is 81.1 cm³/mol. The van der Waals surface area contributed by atoms with Crippen molar-refractivity contribution in [1.29, 1.82) is 0 Å². The van der Waals surface area contributed by atoms with Crippen LogP contribution < -0.4 is 20.5 Å². The van der Waals surface area contributed by atoms with Gasteiger partial charge in [0.2, 0.25) is 10.3 Å². The number of hydrogen-bond acceptors (Lipinski definition) is 7. The van der Waals surface area contributed by atoms with E-state index in [1.54, 1.807) is 18.2 Å². The first-order valence-electron chi connectivity index (χ1n) is 6.44. The van der Waals surface area contributed by atoms with E-state index in [-0.39, 0.29) is 5.91 Å². The zero-order valence-corrected chi connectivity index (χ0v) is 12.6. The van der Waals surface area contributed by atoms with E-state index in [0.717, 1.165) is 11.3 Å². The third kappa shape index (κ3) is 3.82. The molecule has 0 spiro atoms. The molecule has 0 aliphatic heterocycles. The van der Waals surface area contributed by atoms with Gasteiger partial charge in [0.15, 0.2) is 11.5 Å². The standard InChI is InChI=1S/C13H16N4O3S/c1-3-19-9-6-5-8(7-10(9)20-4-2)11(18)15-13-17-16-12(14)21-13/h5-7H,3-4H2,1-2H3,(H2,14,16)(H,15,17,18). The highest BCUT2D eigenvalue weighted by Gasteiger charge is 2.13. The molecular weight excluding hydrogens is 292 g/mol. The normalized spacial score (nSPS) is 10.2. The molecule has 1 aromatic carbocycles. The Morgan fingerprint density at radius 3 is 2.57 bits per heavy atom. The van der Waals surface area contributed by atoms with Crippen molar-refractivity contribution in [2.45, 2.75) is 13.8 Å². The minimum Gasteiger partial charge on any atom is -0.490 e. The number of nitrogens with one attached hydrogen (secondary N) is 1. The Bertz CT molecular complexity index is 630. The number of ether oxygens (including phenoxy) is 2. The summed E-state index contributed by atoms with van der Waals surface area (Å²) in [6.07, 6.45) is 0. The van der Waals surface area contributed by atoms with Crippen molar-refractivity contribution in [2.24, 2.45) is 0 Å². The Labute approximate surface area is 126 Å². The predicted octanol–water partition coefficient (Wildman–Crippen LogP) is 2.17. The summed E-state index contributed by atoms with van der Waals surface area (Å²) in [6.45, 7) is 4.76. The number of carbonyl (C=O) groups excluding carboxylic acids is 1. The zero-order valence-electron chi connectivity index (χ0n) is 11.8. The van der Waals surface area contributed by atoms with E-state index >= 15 is 0 Å². The molecule has 0 atom stereocenters. The number of aromatic nitrogens is 2. The van der Waals surface area contributed by atoms with Crippen molar-refractivity contribution < 1.29 is 14.3 Å². The number of rotatable bonds is 6. The lowest BCUT2D eigenvalue weighted by Gasteiger charge is -2.12. The minimum atomic E-state index is -0.310. The van der Waals surface area contributed by atoms with Gasteiger partial charge in [-0.25, -0.2) is 0 Å². The smallest absolute Gasteiger partial charge is 0.257 e. The van der Waals surface area contributed by atoms with E-state index in [1.165, 1.54) is 0 Å². The quantitative estimate of drug-likeness (QED) is 0.848. The summed E-state index contributed by atoms with van der Waals surface area (Å²) in [5, 5.41) is 10.7. The third-order valence-electron chi connectivity index (χ3n) is 2.47. The summed E-state index contributed by atoms with van der Waals surface area (Å²) in [4.78, 5) is 12.1. The molecule has 2 rings (SSSR count). The minimum absolute atomic E-state index is 0.298. The van der Waals surface area contributed by atoms with Crippen LogP contribution in [-0.2, 0) is 0 Å². The van der Waals surface area contributed by atoms with Crippen LogP contribution in [0.15, 0.2) is 18.2 Å². The molecule has 0 aliphatic carbocycles. The zero-order chi connectivity index (χ0) is 15.2. The number of nitrogens with zero attached hydrogens (tertiary/aromatic N) is 2. The molecule has 0 bridgehead atoms. The summed E-state index contributed by atoms with van der Waals surface area (Å²) >= 11 is 1.10. The first-order valence-corrected chi connectivity index (χ1v) is 7.25. The van der Waals surface area contributed by atoms with Crippen molar-refractivity contribution >= 4 is 27.5 Å². The van der Waals surface area contributed by atoms with Gasteiger partial charge < -0.3 is 15.2 Å². The second-order valence-electron chi connectivity index (χ2n) is 3.93. The van der Waals surface area contributed by atoms with Gasteiger partial charge in [0.1, 0.15) is 0 Å². The molecule has 7 nitrogen and oxygen atoms in total. The molecule has 8 heteroatoms. The van der Waals surface area contributed by atoms with Crippen molar-refractivity contribution in [3.63, 3.8) is 0 Å². The van der Waals surface area contributed by atoms with Gasteiger partial charge in [0.25, 0.3) is 5.91 Å².